The van der Waals surface area contributed by atoms with Crippen molar-refractivity contribution in [2.45, 2.75) is 0 Å². The Kier molecular flexibility index (Phi) is 3.84. The molecule has 0 bridgehead atoms. The van der Waals surface area contributed by atoms with Crippen molar-refractivity contribution in [2.24, 2.45) is 0 Å². The average molecular weight is 328 g/mol. The lowest BCUT2D eigenvalue weighted by Crippen LogP contribution is -2.13. The molecule has 0 radical (unpaired) electrons. The van der Waals surface area contributed by atoms with E-state index in [0.717, 1.165) is 0 Å². The van der Waals surface area contributed by atoms with Gasteiger partial charge < -0.3 is 10.4 Å². The molecule has 2 rings (SSSR count). The van der Waals surface area contributed by atoms with Crippen LogP contribution in [0.4, 0.5) is 5.82 Å². The molecule has 1 aromatic heterocycles. The van der Waals surface area contributed by atoms with Gasteiger partial charge in [0.25, 0.3) is 5.91 Å². The maximum absolute atomic E-state index is 11.9. The predicted molar refractivity (Wildman–Crippen MR) is 73.0 cm³/mol. The molecule has 0 fully saturated rings. The number of nitrogens with zero attached hydrogens (tertiary/aromatic N) is 1. The third-order valence-electron chi connectivity index (χ3n) is 2.16. The van der Waals surface area contributed by atoms with Gasteiger partial charge in [-0.1, -0.05) is 33.6 Å². The molecule has 0 unspecified atom stereocenters. The van der Waals surface area contributed by atoms with E-state index < -0.39 is 5.91 Å². The van der Waals surface area contributed by atoms with Crippen LogP contribution in [0.3, 0.4) is 0 Å². The van der Waals surface area contributed by atoms with E-state index in [2.05, 4.69) is 26.2 Å². The van der Waals surface area contributed by atoms with Crippen molar-refractivity contribution in [3.8, 4) is 5.75 Å². The minimum absolute atomic E-state index is 0.107. The maximum Gasteiger partial charge on any atom is 0.260 e. The number of hydrogen-bond acceptors (Lipinski definition) is 3. The first-order valence-electron chi connectivity index (χ1n) is 4.98. The molecule has 1 heterocycles. The summed E-state index contributed by atoms with van der Waals surface area (Å²) in [5.74, 6) is -0.228. The fourth-order valence-electron chi connectivity index (χ4n) is 1.36. The monoisotopic (exact) mass is 326 g/mol. The number of nitrogens with one attached hydrogen (secondary N) is 1. The van der Waals surface area contributed by atoms with Crippen LogP contribution in [-0.4, -0.2) is 16.0 Å². The average Bonchev–Trinajstić information content (AvgIpc) is 2.28. The number of anilines is 1. The van der Waals surface area contributed by atoms with Gasteiger partial charge in [0.05, 0.1) is 5.56 Å². The highest BCUT2D eigenvalue weighted by molar-refractivity contribution is 9.10. The predicted octanol–water partition coefficient (Wildman–Crippen LogP) is 3.46. The van der Waals surface area contributed by atoms with E-state index in [9.17, 15) is 9.90 Å². The highest BCUT2D eigenvalue weighted by Gasteiger charge is 2.12. The molecule has 6 heteroatoms. The quantitative estimate of drug-likeness (QED) is 0.830. The molecule has 92 valence electrons. The molecule has 2 aromatic rings. The first kappa shape index (κ1) is 12.9. The van der Waals surface area contributed by atoms with Crippen LogP contribution in [0.1, 0.15) is 10.4 Å². The second-order valence-electron chi connectivity index (χ2n) is 3.46. The number of phenolic OH excluding ortho intramolecular Hbond substituents is 1. The first-order valence-corrected chi connectivity index (χ1v) is 6.16. The number of benzene rings is 1. The molecule has 0 aliphatic rings. The van der Waals surface area contributed by atoms with Crippen molar-refractivity contribution >= 4 is 39.3 Å². The molecule has 4 nitrogen and oxygen atoms in total. The Bertz CT molecular complexity index is 604. The number of pyridine rings is 1. The number of hydrogen-bond donors (Lipinski definition) is 2. The fraction of sp³-hybridized carbons (Fsp3) is 0. The van der Waals surface area contributed by atoms with E-state index in [1.54, 1.807) is 24.3 Å². The Labute approximate surface area is 117 Å². The molecule has 0 saturated heterocycles. The zero-order chi connectivity index (χ0) is 13.1. The van der Waals surface area contributed by atoms with Crippen LogP contribution in [0.25, 0.3) is 0 Å². The summed E-state index contributed by atoms with van der Waals surface area (Å²) in [7, 11) is 0. The van der Waals surface area contributed by atoms with E-state index in [1.165, 1.54) is 12.1 Å². The number of aromatic hydroxyl groups is 1. The minimum atomic E-state index is -0.449. The van der Waals surface area contributed by atoms with Crippen LogP contribution >= 0.6 is 27.5 Å². The van der Waals surface area contributed by atoms with Crippen LogP contribution in [0.15, 0.2) is 40.9 Å². The molecular formula is C12H8BrClN2O2. The molecule has 0 aliphatic carbocycles. The topological polar surface area (TPSA) is 62.2 Å². The smallest absolute Gasteiger partial charge is 0.260 e. The third-order valence-corrected chi connectivity index (χ3v) is 2.86. The summed E-state index contributed by atoms with van der Waals surface area (Å²) in [6, 6.07) is 9.51. The maximum atomic E-state index is 11.9. The van der Waals surface area contributed by atoms with Gasteiger partial charge in [-0.05, 0) is 30.3 Å². The van der Waals surface area contributed by atoms with Gasteiger partial charge in [0.1, 0.15) is 16.7 Å². The molecule has 0 atom stereocenters. The van der Waals surface area contributed by atoms with Crippen molar-refractivity contribution in [2.75, 3.05) is 5.32 Å². The van der Waals surface area contributed by atoms with Crippen molar-refractivity contribution in [1.82, 2.24) is 4.98 Å². The Hall–Kier alpha value is -1.59. The van der Waals surface area contributed by atoms with Crippen LogP contribution in [0.2, 0.25) is 5.15 Å². The number of rotatable bonds is 2. The zero-order valence-electron chi connectivity index (χ0n) is 9.02. The van der Waals surface area contributed by atoms with Gasteiger partial charge in [-0.2, -0.15) is 0 Å². The van der Waals surface area contributed by atoms with Gasteiger partial charge in [0.2, 0.25) is 0 Å². The van der Waals surface area contributed by atoms with Gasteiger partial charge in [-0.25, -0.2) is 4.98 Å². The molecule has 18 heavy (non-hydrogen) atoms. The zero-order valence-corrected chi connectivity index (χ0v) is 11.4. The first-order chi connectivity index (χ1) is 8.56. The van der Waals surface area contributed by atoms with Crippen LogP contribution in [0.5, 0.6) is 5.75 Å². The summed E-state index contributed by atoms with van der Waals surface area (Å²) in [6.07, 6.45) is 0. The normalized spacial score (nSPS) is 10.1. The summed E-state index contributed by atoms with van der Waals surface area (Å²) in [5.41, 5.74) is 0.167. The molecule has 0 spiro atoms. The van der Waals surface area contributed by atoms with Gasteiger partial charge in [-0.15, -0.1) is 0 Å². The van der Waals surface area contributed by atoms with Gasteiger partial charge in [-0.3, -0.25) is 4.79 Å². The van der Waals surface area contributed by atoms with E-state index in [4.69, 9.17) is 11.6 Å². The number of phenols is 1. The molecule has 0 aliphatic heterocycles. The number of aromatic nitrogens is 1. The number of halogens is 2. The molecule has 1 amide bonds. The van der Waals surface area contributed by atoms with Gasteiger partial charge >= 0.3 is 0 Å². The number of carbonyl (C=O) groups excluding carboxylic acids is 1. The van der Waals surface area contributed by atoms with Crippen molar-refractivity contribution in [3.63, 3.8) is 0 Å². The van der Waals surface area contributed by atoms with E-state index in [1.807, 2.05) is 0 Å². The highest BCUT2D eigenvalue weighted by Crippen LogP contribution is 2.23. The van der Waals surface area contributed by atoms with Crippen molar-refractivity contribution in [1.29, 1.82) is 0 Å². The standard InChI is InChI=1S/C12H8BrClN2O2/c13-7-4-5-8(9(17)6-7)12(18)16-11-3-1-2-10(14)15-11/h1-6,17H,(H,15,16,18). The summed E-state index contributed by atoms with van der Waals surface area (Å²) in [6.45, 7) is 0. The summed E-state index contributed by atoms with van der Waals surface area (Å²) in [4.78, 5) is 15.8. The van der Waals surface area contributed by atoms with Crippen LogP contribution in [-0.2, 0) is 0 Å². The summed E-state index contributed by atoms with van der Waals surface area (Å²) < 4.78 is 0.692. The van der Waals surface area contributed by atoms with E-state index in [-0.39, 0.29) is 16.5 Å². The van der Waals surface area contributed by atoms with E-state index >= 15 is 0 Å². The van der Waals surface area contributed by atoms with Crippen molar-refractivity contribution in [3.05, 3.63) is 51.6 Å². The fourth-order valence-corrected chi connectivity index (χ4v) is 1.87. The lowest BCUT2D eigenvalue weighted by molar-refractivity contribution is 0.102. The summed E-state index contributed by atoms with van der Waals surface area (Å²) in [5, 5.41) is 12.5. The molecular weight excluding hydrogens is 320 g/mol. The molecule has 2 N–H and O–H groups in total. The largest absolute Gasteiger partial charge is 0.507 e. The Balaban J connectivity index is 2.22. The van der Waals surface area contributed by atoms with Gasteiger partial charge in [0.15, 0.2) is 0 Å². The molecule has 0 saturated carbocycles. The molecule has 1 aromatic carbocycles. The van der Waals surface area contributed by atoms with Gasteiger partial charge in [0, 0.05) is 4.47 Å². The van der Waals surface area contributed by atoms with E-state index in [0.29, 0.717) is 10.3 Å². The Morgan fingerprint density at radius 1 is 1.33 bits per heavy atom. The minimum Gasteiger partial charge on any atom is -0.507 e. The lowest BCUT2D eigenvalue weighted by atomic mass is 10.2. The third kappa shape index (κ3) is 3.00. The van der Waals surface area contributed by atoms with Crippen molar-refractivity contribution < 1.29 is 9.90 Å². The highest BCUT2D eigenvalue weighted by atomic mass is 79.9. The summed E-state index contributed by atoms with van der Waals surface area (Å²) >= 11 is 8.91. The number of carbonyl (C=O) groups is 1. The Morgan fingerprint density at radius 3 is 2.78 bits per heavy atom. The Morgan fingerprint density at radius 2 is 2.11 bits per heavy atom. The number of amides is 1. The second kappa shape index (κ2) is 5.37. The van der Waals surface area contributed by atoms with Crippen LogP contribution in [0, 0.1) is 0 Å². The lowest BCUT2D eigenvalue weighted by Gasteiger charge is -2.06. The SMILES string of the molecule is O=C(Nc1cccc(Cl)n1)c1ccc(Br)cc1O. The van der Waals surface area contributed by atoms with Crippen LogP contribution < -0.4 is 5.32 Å². The second-order valence-corrected chi connectivity index (χ2v) is 4.76.